The van der Waals surface area contributed by atoms with Crippen LogP contribution in [0.2, 0.25) is 0 Å². The molecule has 7 aliphatic rings. The van der Waals surface area contributed by atoms with Crippen LogP contribution >= 0.6 is 0 Å². The minimum Gasteiger partial charge on any atom is -0.446 e. The van der Waals surface area contributed by atoms with E-state index < -0.39 is 23.9 Å². The zero-order chi connectivity index (χ0) is 31.0. The number of nitrogens with zero attached hydrogens (tertiary/aromatic N) is 1. The molecule has 5 saturated carbocycles. The van der Waals surface area contributed by atoms with Crippen molar-refractivity contribution in [3.05, 3.63) is 0 Å². The zero-order valence-corrected chi connectivity index (χ0v) is 27.6. The quantitative estimate of drug-likeness (QED) is 0.427. The number of carbonyl (C=O) groups excluding carboxylic acids is 1. The molecule has 2 spiro atoms. The van der Waals surface area contributed by atoms with E-state index in [9.17, 15) is 20.1 Å². The summed E-state index contributed by atoms with van der Waals surface area (Å²) in [5, 5.41) is 33.9. The average Bonchev–Trinajstić information content (AvgIpc) is 3.58. The lowest BCUT2D eigenvalue weighted by atomic mass is 9.41. The van der Waals surface area contributed by atoms with Crippen LogP contribution < -0.4 is 0 Å². The molecule has 5 aliphatic carbocycles. The van der Waals surface area contributed by atoms with Gasteiger partial charge in [0.05, 0.1) is 37.1 Å². The smallest absolute Gasteiger partial charge is 0.410 e. The van der Waals surface area contributed by atoms with Crippen molar-refractivity contribution in [2.24, 2.45) is 50.7 Å². The monoisotopic (exact) mass is 603 g/mol. The minimum absolute atomic E-state index is 0.0475. The van der Waals surface area contributed by atoms with Crippen molar-refractivity contribution in [3.63, 3.8) is 0 Å². The second-order valence-corrected chi connectivity index (χ2v) is 17.6. The molecular formula is C35H57NO7. The SMILES string of the molecule is C[C@@H]1C[C@H]([C@H](O)C(C)(C)O)O[C@H]2[C@H]1[C@@]1(C)CC[C@@]34C[C@@]35CC[C@H](OC(=O)N3CCOCC3)C(C)(C)[C@@H]5CC[C@H]4[C@]1(C)[C@H]2O. The summed E-state index contributed by atoms with van der Waals surface area (Å²) in [6, 6.07) is 0. The largest absolute Gasteiger partial charge is 0.446 e. The third kappa shape index (κ3) is 3.88. The van der Waals surface area contributed by atoms with Gasteiger partial charge in [0.15, 0.2) is 0 Å². The molecule has 8 heteroatoms. The van der Waals surface area contributed by atoms with E-state index >= 15 is 0 Å². The summed E-state index contributed by atoms with van der Waals surface area (Å²) < 4.78 is 18.4. The molecule has 0 radical (unpaired) electrons. The number of ether oxygens (including phenoxy) is 3. The summed E-state index contributed by atoms with van der Waals surface area (Å²) in [4.78, 5) is 14.9. The summed E-state index contributed by atoms with van der Waals surface area (Å²) in [7, 11) is 0. The summed E-state index contributed by atoms with van der Waals surface area (Å²) in [5.74, 6) is 1.45. The van der Waals surface area contributed by atoms with Gasteiger partial charge in [-0.25, -0.2) is 4.79 Å². The second-order valence-electron chi connectivity index (χ2n) is 17.6. The molecule has 43 heavy (non-hydrogen) atoms. The molecule has 2 aliphatic heterocycles. The van der Waals surface area contributed by atoms with Crippen molar-refractivity contribution in [2.75, 3.05) is 26.3 Å². The van der Waals surface area contributed by atoms with Crippen LogP contribution in [0.3, 0.4) is 0 Å². The van der Waals surface area contributed by atoms with Crippen LogP contribution in [0.25, 0.3) is 0 Å². The van der Waals surface area contributed by atoms with E-state index in [1.54, 1.807) is 18.7 Å². The lowest BCUT2D eigenvalue weighted by molar-refractivity contribution is -0.202. The van der Waals surface area contributed by atoms with Gasteiger partial charge in [-0.2, -0.15) is 0 Å². The molecule has 7 rings (SSSR count). The first-order valence-electron chi connectivity index (χ1n) is 17.3. The van der Waals surface area contributed by atoms with Crippen molar-refractivity contribution in [3.8, 4) is 0 Å². The number of morpholine rings is 1. The highest BCUT2D eigenvalue weighted by molar-refractivity contribution is 5.68. The second kappa shape index (κ2) is 9.56. The van der Waals surface area contributed by atoms with E-state index in [2.05, 4.69) is 34.6 Å². The lowest BCUT2D eigenvalue weighted by Crippen LogP contribution is -2.60. The molecule has 13 atom stereocenters. The van der Waals surface area contributed by atoms with Gasteiger partial charge in [-0.15, -0.1) is 0 Å². The highest BCUT2D eigenvalue weighted by Gasteiger charge is 2.84. The van der Waals surface area contributed by atoms with Gasteiger partial charge >= 0.3 is 6.09 Å². The number of hydrogen-bond donors (Lipinski definition) is 3. The van der Waals surface area contributed by atoms with Crippen LogP contribution in [0, 0.1) is 50.7 Å². The Morgan fingerprint density at radius 3 is 2.33 bits per heavy atom. The molecule has 0 aromatic carbocycles. The fraction of sp³-hybridized carbons (Fsp3) is 0.971. The number of rotatable bonds is 3. The van der Waals surface area contributed by atoms with Crippen LogP contribution in [0.5, 0.6) is 0 Å². The third-order valence-electron chi connectivity index (χ3n) is 15.4. The number of aliphatic hydroxyl groups excluding tert-OH is 2. The van der Waals surface area contributed by atoms with Crippen LogP contribution in [-0.2, 0) is 14.2 Å². The van der Waals surface area contributed by atoms with Gasteiger partial charge in [0.1, 0.15) is 12.2 Å². The van der Waals surface area contributed by atoms with Crippen LogP contribution in [0.15, 0.2) is 0 Å². The fourth-order valence-corrected chi connectivity index (χ4v) is 13.1. The standard InChI is InChI=1S/C35H57NO7/c1-20-18-21(27(37)31(4,5)40)42-26-25(20)32(6)12-13-35-19-34(35)11-10-24(43-29(39)36-14-16-41-17-15-36)30(2,3)22(34)8-9-23(35)33(32,7)28(26)38/h20-28,37-38,40H,8-19H2,1-7H3/t20-,21-,22+,23+,24+,25+,26+,27+,28+,32-,33-,34-,35+/m1/s1. The Bertz CT molecular complexity index is 1130. The van der Waals surface area contributed by atoms with E-state index in [-0.39, 0.29) is 57.2 Å². The average molecular weight is 604 g/mol. The van der Waals surface area contributed by atoms with Crippen LogP contribution in [0.1, 0.15) is 99.8 Å². The summed E-state index contributed by atoms with van der Waals surface area (Å²) in [6.45, 7) is 17.4. The molecular weight excluding hydrogens is 546 g/mol. The molecule has 2 heterocycles. The van der Waals surface area contributed by atoms with Crippen molar-refractivity contribution >= 4 is 6.09 Å². The van der Waals surface area contributed by atoms with Gasteiger partial charge < -0.3 is 34.4 Å². The van der Waals surface area contributed by atoms with Gasteiger partial charge in [-0.3, -0.25) is 0 Å². The van der Waals surface area contributed by atoms with Crippen LogP contribution in [-0.4, -0.2) is 88.7 Å². The minimum atomic E-state index is -1.26. The Labute approximate surface area is 258 Å². The Kier molecular flexibility index (Phi) is 6.82. The Morgan fingerprint density at radius 1 is 1.00 bits per heavy atom. The highest BCUT2D eigenvalue weighted by Crippen LogP contribution is 2.89. The molecule has 7 fully saturated rings. The van der Waals surface area contributed by atoms with E-state index in [0.717, 1.165) is 32.1 Å². The molecule has 1 amide bonds. The Morgan fingerprint density at radius 2 is 1.65 bits per heavy atom. The van der Waals surface area contributed by atoms with Gasteiger partial charge in [0, 0.05) is 23.9 Å². The van der Waals surface area contributed by atoms with Crippen molar-refractivity contribution in [2.45, 2.75) is 136 Å². The van der Waals surface area contributed by atoms with Gasteiger partial charge in [0.2, 0.25) is 0 Å². The number of fused-ring (bicyclic) bond motifs is 4. The molecule has 0 aromatic heterocycles. The highest BCUT2D eigenvalue weighted by atomic mass is 16.6. The molecule has 0 unspecified atom stereocenters. The predicted molar refractivity (Wildman–Crippen MR) is 161 cm³/mol. The first-order valence-corrected chi connectivity index (χ1v) is 17.3. The maximum atomic E-state index is 13.1. The van der Waals surface area contributed by atoms with Crippen molar-refractivity contribution in [1.29, 1.82) is 0 Å². The first kappa shape index (κ1) is 30.7. The summed E-state index contributed by atoms with van der Waals surface area (Å²) in [6.07, 6.45) is 5.77. The maximum Gasteiger partial charge on any atom is 0.410 e. The van der Waals surface area contributed by atoms with Crippen LogP contribution in [0.4, 0.5) is 4.79 Å². The van der Waals surface area contributed by atoms with Gasteiger partial charge in [0.25, 0.3) is 0 Å². The summed E-state index contributed by atoms with van der Waals surface area (Å²) >= 11 is 0. The molecule has 2 saturated heterocycles. The van der Waals surface area contributed by atoms with Gasteiger partial charge in [-0.1, -0.05) is 34.6 Å². The summed E-state index contributed by atoms with van der Waals surface area (Å²) in [5.41, 5.74) is -1.20. The van der Waals surface area contributed by atoms with Crippen molar-refractivity contribution in [1.82, 2.24) is 4.90 Å². The zero-order valence-electron chi connectivity index (χ0n) is 27.6. The molecule has 244 valence electrons. The number of carbonyl (C=O) groups is 1. The molecule has 0 bridgehead atoms. The topological polar surface area (TPSA) is 109 Å². The Balaban J connectivity index is 1.14. The maximum absolute atomic E-state index is 13.1. The van der Waals surface area contributed by atoms with E-state index in [1.807, 2.05) is 0 Å². The van der Waals surface area contributed by atoms with E-state index in [1.165, 1.54) is 12.8 Å². The van der Waals surface area contributed by atoms with E-state index in [0.29, 0.717) is 44.6 Å². The molecule has 8 nitrogen and oxygen atoms in total. The van der Waals surface area contributed by atoms with E-state index in [4.69, 9.17) is 14.2 Å². The first-order chi connectivity index (χ1) is 20.0. The fourth-order valence-electron chi connectivity index (χ4n) is 13.1. The Hall–Kier alpha value is -0.930. The predicted octanol–water partition coefficient (Wildman–Crippen LogP) is 4.77. The molecule has 3 N–H and O–H groups in total. The number of aliphatic hydroxyl groups is 3. The van der Waals surface area contributed by atoms with Crippen molar-refractivity contribution < 1.29 is 34.3 Å². The molecule has 0 aromatic rings. The third-order valence-corrected chi connectivity index (χ3v) is 15.4. The normalized spacial score (nSPS) is 52.6. The number of amides is 1. The van der Waals surface area contributed by atoms with Gasteiger partial charge in [-0.05, 0) is 105 Å². The number of hydrogen-bond acceptors (Lipinski definition) is 7. The lowest BCUT2D eigenvalue weighted by Gasteiger charge is -2.63.